The molecule has 1 atom stereocenters. The normalized spacial score (nSPS) is 12.7. The average Bonchev–Trinajstić information content (AvgIpc) is 2.78. The molecule has 2 rings (SSSR count). The SMILES string of the molecule is CCCCCCCCOC(=O)CO[P@](=O)(Oc1ccc([N+](=O)[O-])cc1)c1ccccc1. The van der Waals surface area contributed by atoms with E-state index in [-0.39, 0.29) is 23.3 Å². The van der Waals surface area contributed by atoms with E-state index in [1.807, 2.05) is 0 Å². The average molecular weight is 449 g/mol. The lowest BCUT2D eigenvalue weighted by Gasteiger charge is -2.19. The van der Waals surface area contributed by atoms with E-state index in [1.165, 1.54) is 43.5 Å². The third kappa shape index (κ3) is 8.52. The first-order valence-corrected chi connectivity index (χ1v) is 11.9. The van der Waals surface area contributed by atoms with E-state index in [4.69, 9.17) is 13.8 Å². The summed E-state index contributed by atoms with van der Waals surface area (Å²) in [6, 6.07) is 13.3. The molecule has 8 nitrogen and oxygen atoms in total. The molecule has 0 unspecified atom stereocenters. The largest absolute Gasteiger partial charge is 0.464 e. The monoisotopic (exact) mass is 449 g/mol. The van der Waals surface area contributed by atoms with Crippen molar-refractivity contribution in [3.63, 3.8) is 0 Å². The van der Waals surface area contributed by atoms with Gasteiger partial charge < -0.3 is 9.26 Å². The summed E-state index contributed by atoms with van der Waals surface area (Å²) in [5.41, 5.74) is -0.124. The van der Waals surface area contributed by atoms with Crippen molar-refractivity contribution in [3.05, 3.63) is 64.7 Å². The van der Waals surface area contributed by atoms with Crippen LogP contribution in [0.2, 0.25) is 0 Å². The molecule has 0 bridgehead atoms. The molecule has 2 aromatic carbocycles. The van der Waals surface area contributed by atoms with Gasteiger partial charge in [-0.15, -0.1) is 0 Å². The number of carbonyl (C=O) groups excluding carboxylic acids is 1. The van der Waals surface area contributed by atoms with Gasteiger partial charge >= 0.3 is 13.6 Å². The van der Waals surface area contributed by atoms with Gasteiger partial charge in [0.05, 0.1) is 16.8 Å². The Morgan fingerprint density at radius 1 is 0.968 bits per heavy atom. The highest BCUT2D eigenvalue weighted by molar-refractivity contribution is 7.62. The molecule has 0 radical (unpaired) electrons. The molecule has 0 spiro atoms. The Bertz CT molecular complexity index is 871. The van der Waals surface area contributed by atoms with E-state index in [9.17, 15) is 19.5 Å². The second kappa shape index (κ2) is 12.9. The maximum atomic E-state index is 13.4. The van der Waals surface area contributed by atoms with Crippen LogP contribution in [0.1, 0.15) is 45.4 Å². The zero-order valence-corrected chi connectivity index (χ0v) is 18.5. The van der Waals surface area contributed by atoms with E-state index in [0.29, 0.717) is 0 Å². The first kappa shape index (κ1) is 24.6. The standard InChI is InChI=1S/C22H28NO7P/c1-2-3-4-5-6-10-17-28-22(24)18-29-31(27,21-11-8-7-9-12-21)30-20-15-13-19(14-16-20)23(25)26/h7-9,11-16H,2-6,10,17-18H2,1H3/t31-/m0/s1. The van der Waals surface area contributed by atoms with Crippen molar-refractivity contribution in [3.8, 4) is 5.75 Å². The Morgan fingerprint density at radius 3 is 2.26 bits per heavy atom. The molecule has 0 heterocycles. The molecule has 0 saturated heterocycles. The molecule has 0 aliphatic carbocycles. The van der Waals surface area contributed by atoms with E-state index in [0.717, 1.165) is 19.3 Å². The minimum absolute atomic E-state index is 0.123. The van der Waals surface area contributed by atoms with E-state index < -0.39 is 25.1 Å². The second-order valence-corrected chi connectivity index (χ2v) is 8.89. The minimum atomic E-state index is -3.91. The molecule has 0 amide bonds. The van der Waals surface area contributed by atoms with Gasteiger partial charge in [0.1, 0.15) is 5.75 Å². The highest BCUT2D eigenvalue weighted by Crippen LogP contribution is 2.47. The number of benzene rings is 2. The number of rotatable bonds is 14. The number of nitro benzene ring substituents is 1. The number of carbonyl (C=O) groups is 1. The fourth-order valence-corrected chi connectivity index (χ4v) is 4.30. The summed E-state index contributed by atoms with van der Waals surface area (Å²) in [4.78, 5) is 22.3. The molecule has 2 aromatic rings. The van der Waals surface area contributed by atoms with Crippen LogP contribution in [0.3, 0.4) is 0 Å². The van der Waals surface area contributed by atoms with Gasteiger partial charge in [-0.25, -0.2) is 9.36 Å². The molecular weight excluding hydrogens is 421 g/mol. The number of nitrogens with zero attached hydrogens (tertiary/aromatic N) is 1. The van der Waals surface area contributed by atoms with Crippen molar-refractivity contribution in [2.45, 2.75) is 45.4 Å². The van der Waals surface area contributed by atoms with Gasteiger partial charge in [0.15, 0.2) is 6.61 Å². The molecule has 0 fully saturated rings. The second-order valence-electron chi connectivity index (χ2n) is 6.94. The zero-order valence-electron chi connectivity index (χ0n) is 17.6. The predicted molar refractivity (Wildman–Crippen MR) is 118 cm³/mol. The van der Waals surface area contributed by atoms with Crippen LogP contribution in [-0.4, -0.2) is 24.1 Å². The van der Waals surface area contributed by atoms with E-state index in [2.05, 4.69) is 6.92 Å². The molecule has 168 valence electrons. The fourth-order valence-electron chi connectivity index (χ4n) is 2.78. The summed E-state index contributed by atoms with van der Waals surface area (Å²) >= 11 is 0. The lowest BCUT2D eigenvalue weighted by Crippen LogP contribution is -2.18. The van der Waals surface area contributed by atoms with Gasteiger partial charge in [0, 0.05) is 12.1 Å². The van der Waals surface area contributed by atoms with Crippen molar-refractivity contribution < 1.29 is 28.1 Å². The number of ether oxygens (including phenoxy) is 1. The number of nitro groups is 1. The highest BCUT2D eigenvalue weighted by atomic mass is 31.2. The fraction of sp³-hybridized carbons (Fsp3) is 0.409. The molecule has 0 saturated carbocycles. The van der Waals surface area contributed by atoms with Crippen molar-refractivity contribution >= 4 is 24.6 Å². The van der Waals surface area contributed by atoms with Crippen LogP contribution < -0.4 is 9.83 Å². The van der Waals surface area contributed by atoms with Gasteiger partial charge in [-0.2, -0.15) is 0 Å². The quantitative estimate of drug-likeness (QED) is 0.125. The number of non-ortho nitro benzene ring substituents is 1. The van der Waals surface area contributed by atoms with E-state index in [1.54, 1.807) is 30.3 Å². The number of hydrogen-bond acceptors (Lipinski definition) is 7. The summed E-state index contributed by atoms with van der Waals surface area (Å²) in [5, 5.41) is 11.1. The van der Waals surface area contributed by atoms with Gasteiger partial charge in [0.2, 0.25) is 0 Å². The van der Waals surface area contributed by atoms with Gasteiger partial charge in [0.25, 0.3) is 5.69 Å². The molecule has 0 aliphatic rings. The lowest BCUT2D eigenvalue weighted by atomic mass is 10.1. The summed E-state index contributed by atoms with van der Waals surface area (Å²) in [6.45, 7) is 1.91. The first-order valence-electron chi connectivity index (χ1n) is 10.3. The van der Waals surface area contributed by atoms with E-state index >= 15 is 0 Å². The van der Waals surface area contributed by atoms with Crippen molar-refractivity contribution in [1.29, 1.82) is 0 Å². The molecular formula is C22H28NO7P. The topological polar surface area (TPSA) is 105 Å². The minimum Gasteiger partial charge on any atom is -0.464 e. The van der Waals surface area contributed by atoms with Crippen molar-refractivity contribution in [1.82, 2.24) is 0 Å². The maximum Gasteiger partial charge on any atom is 0.411 e. The van der Waals surface area contributed by atoms with Crippen LogP contribution >= 0.6 is 7.60 Å². The third-order valence-corrected chi connectivity index (χ3v) is 6.31. The summed E-state index contributed by atoms with van der Waals surface area (Å²) < 4.78 is 29.5. The molecule has 31 heavy (non-hydrogen) atoms. The lowest BCUT2D eigenvalue weighted by molar-refractivity contribution is -0.384. The predicted octanol–water partition coefficient (Wildman–Crippen LogP) is 5.41. The Balaban J connectivity index is 1.93. The van der Waals surface area contributed by atoms with Crippen LogP contribution in [0.15, 0.2) is 54.6 Å². The zero-order chi connectivity index (χ0) is 22.5. The molecule has 9 heteroatoms. The Kier molecular flexibility index (Phi) is 10.2. The Morgan fingerprint density at radius 2 is 1.61 bits per heavy atom. The molecule has 0 aliphatic heterocycles. The molecule has 0 N–H and O–H groups in total. The van der Waals surface area contributed by atoms with Crippen LogP contribution in [0.25, 0.3) is 0 Å². The third-order valence-electron chi connectivity index (χ3n) is 4.46. The van der Waals surface area contributed by atoms with Gasteiger partial charge in [-0.3, -0.25) is 14.6 Å². The smallest absolute Gasteiger partial charge is 0.411 e. The van der Waals surface area contributed by atoms with Gasteiger partial charge in [-0.1, -0.05) is 57.2 Å². The summed E-state index contributed by atoms with van der Waals surface area (Å²) in [5.74, 6) is -0.504. The van der Waals surface area contributed by atoms with Crippen molar-refractivity contribution in [2.75, 3.05) is 13.2 Å². The number of esters is 1. The van der Waals surface area contributed by atoms with Crippen LogP contribution in [0, 0.1) is 10.1 Å². The van der Waals surface area contributed by atoms with Crippen LogP contribution in [0.5, 0.6) is 5.75 Å². The maximum absolute atomic E-state index is 13.4. The van der Waals surface area contributed by atoms with Crippen LogP contribution in [0.4, 0.5) is 5.69 Å². The Labute approximate surface area is 182 Å². The Hall–Kier alpha value is -2.70. The number of hydrogen-bond donors (Lipinski definition) is 0. The summed E-state index contributed by atoms with van der Waals surface area (Å²) in [6.07, 6.45) is 6.42. The van der Waals surface area contributed by atoms with Crippen molar-refractivity contribution in [2.24, 2.45) is 0 Å². The number of unbranched alkanes of at least 4 members (excludes halogenated alkanes) is 5. The highest BCUT2D eigenvalue weighted by Gasteiger charge is 2.30. The first-order chi connectivity index (χ1) is 14.9. The summed E-state index contributed by atoms with van der Waals surface area (Å²) in [7, 11) is -3.91. The molecule has 0 aromatic heterocycles. The van der Waals surface area contributed by atoms with Gasteiger partial charge in [-0.05, 0) is 30.7 Å². The van der Waals surface area contributed by atoms with Crippen LogP contribution in [-0.2, 0) is 18.6 Å².